The maximum absolute atomic E-state index is 14.2. The first-order valence-corrected chi connectivity index (χ1v) is 6.10. The van der Waals surface area contributed by atoms with Gasteiger partial charge in [0, 0.05) is 23.9 Å². The Morgan fingerprint density at radius 1 is 1.42 bits per heavy atom. The maximum atomic E-state index is 14.2. The second-order valence-corrected chi connectivity index (χ2v) is 4.36. The number of rotatable bonds is 4. The van der Waals surface area contributed by atoms with Gasteiger partial charge in [-0.3, -0.25) is 4.68 Å². The summed E-state index contributed by atoms with van der Waals surface area (Å²) < 4.78 is 15.9. The molecule has 1 aromatic carbocycles. The summed E-state index contributed by atoms with van der Waals surface area (Å²) in [5.74, 6) is -1.98. The maximum Gasteiger partial charge on any atom is 0.338 e. The molecule has 2 aromatic rings. The van der Waals surface area contributed by atoms with Crippen LogP contribution in [0.15, 0.2) is 24.4 Å². The SMILES string of the molecule is CCCn1cc(-c2cccc(C(=O)O)c2F)c(C)n1. The van der Waals surface area contributed by atoms with Gasteiger partial charge in [0.05, 0.1) is 11.3 Å². The summed E-state index contributed by atoms with van der Waals surface area (Å²) in [4.78, 5) is 10.9. The lowest BCUT2D eigenvalue weighted by Crippen LogP contribution is -2.01. The highest BCUT2D eigenvalue weighted by Gasteiger charge is 2.17. The number of benzene rings is 1. The lowest BCUT2D eigenvalue weighted by molar-refractivity contribution is 0.0692. The van der Waals surface area contributed by atoms with Crippen LogP contribution in [0.5, 0.6) is 0 Å². The summed E-state index contributed by atoms with van der Waals surface area (Å²) in [7, 11) is 0. The van der Waals surface area contributed by atoms with Gasteiger partial charge < -0.3 is 5.11 Å². The molecule has 19 heavy (non-hydrogen) atoms. The lowest BCUT2D eigenvalue weighted by atomic mass is 10.0. The number of hydrogen-bond donors (Lipinski definition) is 1. The van der Waals surface area contributed by atoms with Gasteiger partial charge >= 0.3 is 5.97 Å². The van der Waals surface area contributed by atoms with E-state index in [-0.39, 0.29) is 11.1 Å². The summed E-state index contributed by atoms with van der Waals surface area (Å²) in [6, 6.07) is 4.37. The summed E-state index contributed by atoms with van der Waals surface area (Å²) in [5.41, 5.74) is 1.28. The van der Waals surface area contributed by atoms with E-state index in [1.54, 1.807) is 29.9 Å². The zero-order valence-electron chi connectivity index (χ0n) is 10.9. The molecule has 0 radical (unpaired) electrons. The Labute approximate surface area is 110 Å². The van der Waals surface area contributed by atoms with Crippen molar-refractivity contribution in [1.29, 1.82) is 0 Å². The van der Waals surface area contributed by atoms with Crippen LogP contribution in [-0.4, -0.2) is 20.9 Å². The first kappa shape index (κ1) is 13.3. The third-order valence-corrected chi connectivity index (χ3v) is 2.92. The van der Waals surface area contributed by atoms with Crippen LogP contribution in [0.4, 0.5) is 4.39 Å². The predicted molar refractivity (Wildman–Crippen MR) is 69.6 cm³/mol. The van der Waals surface area contributed by atoms with Gasteiger partial charge in [-0.05, 0) is 19.4 Å². The van der Waals surface area contributed by atoms with Crippen molar-refractivity contribution in [1.82, 2.24) is 9.78 Å². The minimum Gasteiger partial charge on any atom is -0.478 e. The van der Waals surface area contributed by atoms with E-state index >= 15 is 0 Å². The van der Waals surface area contributed by atoms with E-state index in [0.29, 0.717) is 11.3 Å². The molecule has 100 valence electrons. The molecule has 4 nitrogen and oxygen atoms in total. The van der Waals surface area contributed by atoms with Crippen LogP contribution in [-0.2, 0) is 6.54 Å². The van der Waals surface area contributed by atoms with Crippen LogP contribution in [0, 0.1) is 12.7 Å². The van der Waals surface area contributed by atoms with Crippen molar-refractivity contribution in [2.24, 2.45) is 0 Å². The van der Waals surface area contributed by atoms with E-state index in [2.05, 4.69) is 5.10 Å². The number of aromatic carboxylic acids is 1. The molecule has 0 bridgehead atoms. The fraction of sp³-hybridized carbons (Fsp3) is 0.286. The highest BCUT2D eigenvalue weighted by atomic mass is 19.1. The zero-order valence-corrected chi connectivity index (χ0v) is 10.9. The molecule has 0 saturated heterocycles. The number of carbonyl (C=O) groups is 1. The van der Waals surface area contributed by atoms with Gasteiger partial charge in [-0.2, -0.15) is 5.10 Å². The molecule has 0 aliphatic rings. The number of carboxylic acid groups (broad SMARTS) is 1. The second-order valence-electron chi connectivity index (χ2n) is 4.36. The molecule has 0 aliphatic carbocycles. The molecule has 1 aromatic heterocycles. The minimum atomic E-state index is -1.27. The van der Waals surface area contributed by atoms with Crippen molar-refractivity contribution in [3.8, 4) is 11.1 Å². The molecule has 0 spiro atoms. The summed E-state index contributed by atoms with van der Waals surface area (Å²) in [5, 5.41) is 13.2. The van der Waals surface area contributed by atoms with Crippen LogP contribution in [0.1, 0.15) is 29.4 Å². The summed E-state index contributed by atoms with van der Waals surface area (Å²) in [6.07, 6.45) is 2.68. The van der Waals surface area contributed by atoms with Gasteiger partial charge in [-0.1, -0.05) is 19.1 Å². The molecule has 0 amide bonds. The Hall–Kier alpha value is -2.17. The van der Waals surface area contributed by atoms with Crippen molar-refractivity contribution < 1.29 is 14.3 Å². The first-order valence-electron chi connectivity index (χ1n) is 6.10. The Morgan fingerprint density at radius 3 is 2.79 bits per heavy atom. The molecule has 1 N–H and O–H groups in total. The summed E-state index contributed by atoms with van der Waals surface area (Å²) in [6.45, 7) is 4.57. The topological polar surface area (TPSA) is 55.1 Å². The molecule has 0 atom stereocenters. The Morgan fingerprint density at radius 2 is 2.16 bits per heavy atom. The highest BCUT2D eigenvalue weighted by Crippen LogP contribution is 2.27. The second kappa shape index (κ2) is 5.22. The smallest absolute Gasteiger partial charge is 0.338 e. The quantitative estimate of drug-likeness (QED) is 0.921. The fourth-order valence-electron chi connectivity index (χ4n) is 2.03. The fourth-order valence-corrected chi connectivity index (χ4v) is 2.03. The van der Waals surface area contributed by atoms with Gasteiger partial charge in [-0.15, -0.1) is 0 Å². The number of halogens is 1. The minimum absolute atomic E-state index is 0.278. The molecular weight excluding hydrogens is 247 g/mol. The Bertz CT molecular complexity index is 620. The van der Waals surface area contributed by atoms with Crippen molar-refractivity contribution in [2.45, 2.75) is 26.8 Å². The van der Waals surface area contributed by atoms with Gasteiger partial charge in [0.15, 0.2) is 0 Å². The van der Waals surface area contributed by atoms with Gasteiger partial charge in [0.1, 0.15) is 5.82 Å². The van der Waals surface area contributed by atoms with E-state index in [4.69, 9.17) is 5.11 Å². The zero-order chi connectivity index (χ0) is 14.0. The number of aryl methyl sites for hydroxylation is 2. The van der Waals surface area contributed by atoms with Crippen molar-refractivity contribution >= 4 is 5.97 Å². The van der Waals surface area contributed by atoms with Gasteiger partial charge in [-0.25, -0.2) is 9.18 Å². The number of nitrogens with zero attached hydrogens (tertiary/aromatic N) is 2. The molecule has 0 fully saturated rings. The van der Waals surface area contributed by atoms with Crippen LogP contribution in [0.2, 0.25) is 0 Å². The third kappa shape index (κ3) is 2.50. The summed E-state index contributed by atoms with van der Waals surface area (Å²) >= 11 is 0. The molecule has 2 rings (SSSR count). The number of hydrogen-bond acceptors (Lipinski definition) is 2. The molecule has 1 heterocycles. The number of carboxylic acids is 1. The normalized spacial score (nSPS) is 10.7. The van der Waals surface area contributed by atoms with E-state index in [1.807, 2.05) is 6.92 Å². The first-order chi connectivity index (χ1) is 9.04. The molecule has 0 unspecified atom stereocenters. The highest BCUT2D eigenvalue weighted by molar-refractivity contribution is 5.90. The monoisotopic (exact) mass is 262 g/mol. The molecule has 0 aliphatic heterocycles. The predicted octanol–water partition coefficient (Wildman–Crippen LogP) is 3.11. The largest absolute Gasteiger partial charge is 0.478 e. The van der Waals surface area contributed by atoms with Gasteiger partial charge in [0.2, 0.25) is 0 Å². The van der Waals surface area contributed by atoms with Crippen molar-refractivity contribution in [3.63, 3.8) is 0 Å². The molecule has 5 heteroatoms. The third-order valence-electron chi connectivity index (χ3n) is 2.92. The Balaban J connectivity index is 2.53. The van der Waals surface area contributed by atoms with Gasteiger partial charge in [0.25, 0.3) is 0 Å². The average Bonchev–Trinajstić information content (AvgIpc) is 2.70. The average molecular weight is 262 g/mol. The van der Waals surface area contributed by atoms with Crippen LogP contribution < -0.4 is 0 Å². The molecule has 0 saturated carbocycles. The van der Waals surface area contributed by atoms with E-state index in [9.17, 15) is 9.18 Å². The van der Waals surface area contributed by atoms with Crippen LogP contribution in [0.25, 0.3) is 11.1 Å². The molecular formula is C14H15FN2O2. The number of aromatic nitrogens is 2. The van der Waals surface area contributed by atoms with Crippen molar-refractivity contribution in [2.75, 3.05) is 0 Å². The van der Waals surface area contributed by atoms with E-state index in [0.717, 1.165) is 13.0 Å². The van der Waals surface area contributed by atoms with Crippen molar-refractivity contribution in [3.05, 3.63) is 41.5 Å². The van der Waals surface area contributed by atoms with Crippen LogP contribution in [0.3, 0.4) is 0 Å². The van der Waals surface area contributed by atoms with E-state index < -0.39 is 11.8 Å². The van der Waals surface area contributed by atoms with Crippen LogP contribution >= 0.6 is 0 Å². The van der Waals surface area contributed by atoms with E-state index in [1.165, 1.54) is 6.07 Å². The lowest BCUT2D eigenvalue weighted by Gasteiger charge is -2.04. The Kier molecular flexibility index (Phi) is 3.64. The standard InChI is InChI=1S/C14H15FN2O2/c1-3-7-17-8-12(9(2)16-17)10-5-4-6-11(13(10)15)14(18)19/h4-6,8H,3,7H2,1-2H3,(H,18,19).